The molecule has 0 amide bonds. The molecule has 4 rings (SSSR count). The van der Waals surface area contributed by atoms with Gasteiger partial charge in [0.15, 0.2) is 17.4 Å². The summed E-state index contributed by atoms with van der Waals surface area (Å²) in [5.41, 5.74) is 3.30. The first-order chi connectivity index (χ1) is 18.0. The van der Waals surface area contributed by atoms with Crippen molar-refractivity contribution in [1.82, 2.24) is 0 Å². The summed E-state index contributed by atoms with van der Waals surface area (Å²) in [6, 6.07) is 11.4. The lowest BCUT2D eigenvalue weighted by Crippen LogP contribution is -2.23. The molecular weight excluding hydrogens is 470 g/mol. The SMILES string of the molecule is C=C1CCC(c2cc(F)c(OCCOC3CCC(c4ccc(OCCCCC)cc4)CC3)c(F)c2)CC1. The van der Waals surface area contributed by atoms with E-state index in [1.165, 1.54) is 36.1 Å². The molecule has 0 atom stereocenters. The van der Waals surface area contributed by atoms with Crippen LogP contribution in [0.5, 0.6) is 11.5 Å². The standard InChI is InChI=1S/C32H42F2O3/c1-3-4-5-18-35-28-14-10-24(11-15-28)25-12-16-29(17-13-25)36-19-20-37-32-30(33)21-27(22-31(32)34)26-8-6-23(2)7-9-26/h10-11,14-15,21-22,25-26,29H,2-9,12-13,16-20H2,1H3. The molecule has 0 heterocycles. The number of benzene rings is 2. The van der Waals surface area contributed by atoms with Crippen LogP contribution in [0.1, 0.15) is 101 Å². The number of halogens is 2. The summed E-state index contributed by atoms with van der Waals surface area (Å²) in [4.78, 5) is 0. The topological polar surface area (TPSA) is 27.7 Å². The molecule has 0 N–H and O–H groups in total. The zero-order chi connectivity index (χ0) is 26.0. The monoisotopic (exact) mass is 512 g/mol. The Kier molecular flexibility index (Phi) is 10.4. The summed E-state index contributed by atoms with van der Waals surface area (Å²) in [6.07, 6.45) is 11.4. The molecule has 0 saturated heterocycles. The van der Waals surface area contributed by atoms with Gasteiger partial charge in [0.25, 0.3) is 0 Å². The summed E-state index contributed by atoms with van der Waals surface area (Å²) >= 11 is 0. The second kappa shape index (κ2) is 13.9. The Morgan fingerprint density at radius 3 is 2.05 bits per heavy atom. The molecule has 0 aliphatic heterocycles. The molecule has 2 fully saturated rings. The average Bonchev–Trinajstić information content (AvgIpc) is 2.91. The van der Waals surface area contributed by atoms with Crippen molar-refractivity contribution >= 4 is 0 Å². The number of hydrogen-bond acceptors (Lipinski definition) is 3. The van der Waals surface area contributed by atoms with E-state index in [2.05, 4.69) is 37.8 Å². The molecule has 5 heteroatoms. The third kappa shape index (κ3) is 8.04. The van der Waals surface area contributed by atoms with Gasteiger partial charge in [0.05, 0.1) is 19.3 Å². The summed E-state index contributed by atoms with van der Waals surface area (Å²) in [5, 5.41) is 0. The van der Waals surface area contributed by atoms with E-state index in [0.717, 1.165) is 75.7 Å². The molecule has 2 aliphatic rings. The fourth-order valence-corrected chi connectivity index (χ4v) is 5.61. The summed E-state index contributed by atoms with van der Waals surface area (Å²) in [5.74, 6) is 0.112. The predicted octanol–water partition coefficient (Wildman–Crippen LogP) is 8.87. The highest BCUT2D eigenvalue weighted by atomic mass is 19.1. The van der Waals surface area contributed by atoms with Gasteiger partial charge in [0, 0.05) is 0 Å². The van der Waals surface area contributed by atoms with Gasteiger partial charge in [0.2, 0.25) is 0 Å². The molecule has 0 aromatic heterocycles. The maximum Gasteiger partial charge on any atom is 0.190 e. The van der Waals surface area contributed by atoms with Gasteiger partial charge in [-0.05, 0) is 105 Å². The Labute approximate surface area is 221 Å². The van der Waals surface area contributed by atoms with Crippen LogP contribution in [0.4, 0.5) is 8.78 Å². The smallest absolute Gasteiger partial charge is 0.190 e. The molecule has 0 unspecified atom stereocenters. The Morgan fingerprint density at radius 2 is 1.41 bits per heavy atom. The van der Waals surface area contributed by atoms with Crippen LogP contribution in [-0.4, -0.2) is 25.9 Å². The van der Waals surface area contributed by atoms with Gasteiger partial charge in [-0.2, -0.15) is 0 Å². The number of ether oxygens (including phenoxy) is 3. The molecule has 2 aromatic carbocycles. The number of hydrogen-bond donors (Lipinski definition) is 0. The lowest BCUT2D eigenvalue weighted by atomic mass is 9.82. The van der Waals surface area contributed by atoms with Crippen molar-refractivity contribution < 1.29 is 23.0 Å². The molecule has 0 bridgehead atoms. The van der Waals surface area contributed by atoms with E-state index in [-0.39, 0.29) is 24.4 Å². The molecule has 37 heavy (non-hydrogen) atoms. The highest BCUT2D eigenvalue weighted by Gasteiger charge is 2.24. The van der Waals surface area contributed by atoms with Gasteiger partial charge in [-0.15, -0.1) is 0 Å². The van der Waals surface area contributed by atoms with E-state index in [4.69, 9.17) is 14.2 Å². The Hall–Kier alpha value is -2.40. The number of unbranched alkanes of at least 4 members (excludes halogenated alkanes) is 2. The van der Waals surface area contributed by atoms with Crippen molar-refractivity contribution in [2.24, 2.45) is 0 Å². The summed E-state index contributed by atoms with van der Waals surface area (Å²) in [6.45, 7) is 7.45. The van der Waals surface area contributed by atoms with Crippen LogP contribution in [0.3, 0.4) is 0 Å². The molecule has 202 valence electrons. The van der Waals surface area contributed by atoms with E-state index < -0.39 is 11.6 Å². The maximum absolute atomic E-state index is 14.6. The van der Waals surface area contributed by atoms with Crippen molar-refractivity contribution in [3.8, 4) is 11.5 Å². The molecule has 2 saturated carbocycles. The first-order valence-corrected chi connectivity index (χ1v) is 14.2. The normalized spacial score (nSPS) is 20.7. The molecule has 0 spiro atoms. The van der Waals surface area contributed by atoms with Crippen molar-refractivity contribution in [2.75, 3.05) is 19.8 Å². The highest BCUT2D eigenvalue weighted by molar-refractivity contribution is 5.34. The van der Waals surface area contributed by atoms with Gasteiger partial charge in [-0.1, -0.05) is 44.1 Å². The van der Waals surface area contributed by atoms with E-state index in [0.29, 0.717) is 12.5 Å². The minimum Gasteiger partial charge on any atom is -0.494 e. The van der Waals surface area contributed by atoms with Crippen molar-refractivity contribution in [2.45, 2.75) is 95.5 Å². The van der Waals surface area contributed by atoms with Crippen LogP contribution in [-0.2, 0) is 4.74 Å². The predicted molar refractivity (Wildman–Crippen MR) is 145 cm³/mol. The maximum atomic E-state index is 14.6. The average molecular weight is 513 g/mol. The third-order valence-electron chi connectivity index (χ3n) is 7.91. The van der Waals surface area contributed by atoms with Gasteiger partial charge in [0.1, 0.15) is 12.4 Å². The van der Waals surface area contributed by atoms with Gasteiger partial charge in [-0.3, -0.25) is 0 Å². The van der Waals surface area contributed by atoms with Crippen LogP contribution in [0.2, 0.25) is 0 Å². The Balaban J connectivity index is 1.16. The van der Waals surface area contributed by atoms with Crippen molar-refractivity contribution in [1.29, 1.82) is 0 Å². The van der Waals surface area contributed by atoms with Crippen molar-refractivity contribution in [3.63, 3.8) is 0 Å². The first kappa shape index (κ1) is 27.6. The van der Waals surface area contributed by atoms with Gasteiger partial charge in [-0.25, -0.2) is 8.78 Å². The second-order valence-electron chi connectivity index (χ2n) is 10.7. The fraction of sp³-hybridized carbons (Fsp3) is 0.562. The summed E-state index contributed by atoms with van der Waals surface area (Å²) in [7, 11) is 0. The van der Waals surface area contributed by atoms with Crippen LogP contribution < -0.4 is 9.47 Å². The minimum atomic E-state index is -0.628. The van der Waals surface area contributed by atoms with Crippen LogP contribution in [0, 0.1) is 11.6 Å². The number of allylic oxidation sites excluding steroid dienone is 1. The van der Waals surface area contributed by atoms with Crippen molar-refractivity contribution in [3.05, 3.63) is 71.3 Å². The lowest BCUT2D eigenvalue weighted by Gasteiger charge is -2.29. The quantitative estimate of drug-likeness (QED) is 0.210. The highest BCUT2D eigenvalue weighted by Crippen LogP contribution is 2.37. The van der Waals surface area contributed by atoms with Crippen LogP contribution >= 0.6 is 0 Å². The minimum absolute atomic E-state index is 0.135. The zero-order valence-corrected chi connectivity index (χ0v) is 22.3. The van der Waals surface area contributed by atoms with Crippen LogP contribution in [0.25, 0.3) is 0 Å². The van der Waals surface area contributed by atoms with Gasteiger partial charge < -0.3 is 14.2 Å². The first-order valence-electron chi connectivity index (χ1n) is 14.2. The van der Waals surface area contributed by atoms with E-state index >= 15 is 0 Å². The molecule has 3 nitrogen and oxygen atoms in total. The van der Waals surface area contributed by atoms with Crippen LogP contribution in [0.15, 0.2) is 48.6 Å². The van der Waals surface area contributed by atoms with Gasteiger partial charge >= 0.3 is 0 Å². The lowest BCUT2D eigenvalue weighted by molar-refractivity contribution is 0.00878. The molecule has 2 aliphatic carbocycles. The largest absolute Gasteiger partial charge is 0.494 e. The van der Waals surface area contributed by atoms with E-state index in [9.17, 15) is 8.78 Å². The molecular formula is C32H42F2O3. The molecule has 0 radical (unpaired) electrons. The zero-order valence-electron chi connectivity index (χ0n) is 22.3. The Morgan fingerprint density at radius 1 is 0.757 bits per heavy atom. The summed E-state index contributed by atoms with van der Waals surface area (Å²) < 4.78 is 46.5. The van der Waals surface area contributed by atoms with E-state index in [1.54, 1.807) is 0 Å². The Bertz CT molecular complexity index is 963. The van der Waals surface area contributed by atoms with E-state index in [1.807, 2.05) is 0 Å². The second-order valence-corrected chi connectivity index (χ2v) is 10.7. The third-order valence-corrected chi connectivity index (χ3v) is 7.91. The fourth-order valence-electron chi connectivity index (χ4n) is 5.61. The number of rotatable bonds is 12. The molecule has 2 aromatic rings.